The van der Waals surface area contributed by atoms with E-state index in [1.54, 1.807) is 22.7 Å². The zero-order valence-electron chi connectivity index (χ0n) is 18.7. The second-order valence-corrected chi connectivity index (χ2v) is 9.63. The molecule has 2 aliphatic rings. The average Bonchev–Trinajstić information content (AvgIpc) is 3.33. The molecule has 4 heterocycles. The van der Waals surface area contributed by atoms with Crippen LogP contribution in [0.2, 0.25) is 0 Å². The summed E-state index contributed by atoms with van der Waals surface area (Å²) in [6.45, 7) is 6.55. The molecule has 2 aromatic rings. The lowest BCUT2D eigenvalue weighted by atomic mass is 10.3. The molecule has 0 saturated carbocycles. The van der Waals surface area contributed by atoms with E-state index in [9.17, 15) is 0 Å². The number of nitrogens with one attached hydrogen (secondary N) is 3. The van der Waals surface area contributed by atoms with E-state index in [0.717, 1.165) is 22.9 Å². The summed E-state index contributed by atoms with van der Waals surface area (Å²) >= 11 is 3.33. The zero-order chi connectivity index (χ0) is 22.8. The van der Waals surface area contributed by atoms with Crippen LogP contribution in [0.1, 0.15) is 17.4 Å². The molecule has 2 atom stereocenters. The van der Waals surface area contributed by atoms with Gasteiger partial charge in [0.15, 0.2) is 12.1 Å². The standard InChI is InChI=1S/C20H28N10S2/c1-11-8-31-10-15(11)30(20-23-13(3)22-17(21)27-20)7-16-25-18(28-19(26-16)29(4)5)24-14-6-12(2)32-9-14/h6,8-10,13,16H,7H2,1-5H3,(H3,21,22,23,27)(H2,24,25,26,28). The molecule has 0 aliphatic carbocycles. The van der Waals surface area contributed by atoms with Crippen LogP contribution in [0, 0.1) is 13.8 Å². The number of thiophene rings is 2. The molecule has 0 bridgehead atoms. The number of aliphatic imine (C=N–C) groups is 4. The Morgan fingerprint density at radius 3 is 2.50 bits per heavy atom. The van der Waals surface area contributed by atoms with E-state index in [0.29, 0.717) is 24.4 Å². The van der Waals surface area contributed by atoms with Gasteiger partial charge in [0.2, 0.25) is 17.9 Å². The molecule has 0 saturated heterocycles. The summed E-state index contributed by atoms with van der Waals surface area (Å²) in [5.41, 5.74) is 9.19. The topological polar surface area (TPSA) is 118 Å². The Bertz CT molecular complexity index is 1090. The lowest BCUT2D eigenvalue weighted by Crippen LogP contribution is -2.53. The van der Waals surface area contributed by atoms with Crippen LogP contribution in [0.25, 0.3) is 0 Å². The Kier molecular flexibility index (Phi) is 6.33. The van der Waals surface area contributed by atoms with Gasteiger partial charge >= 0.3 is 0 Å². The summed E-state index contributed by atoms with van der Waals surface area (Å²) in [6.07, 6.45) is -0.626. The summed E-state index contributed by atoms with van der Waals surface area (Å²) < 4.78 is 0. The number of guanidine groups is 4. The van der Waals surface area contributed by atoms with Gasteiger partial charge in [0.25, 0.3) is 0 Å². The summed E-state index contributed by atoms with van der Waals surface area (Å²) in [4.78, 5) is 23.8. The van der Waals surface area contributed by atoms with E-state index in [2.05, 4.69) is 66.9 Å². The maximum absolute atomic E-state index is 6.00. The van der Waals surface area contributed by atoms with Gasteiger partial charge < -0.3 is 20.9 Å². The highest BCUT2D eigenvalue weighted by Crippen LogP contribution is 2.26. The first-order valence-electron chi connectivity index (χ1n) is 10.2. The third-order valence-corrected chi connectivity index (χ3v) is 6.50. The fourth-order valence-corrected chi connectivity index (χ4v) is 4.79. The molecule has 0 spiro atoms. The van der Waals surface area contributed by atoms with Crippen molar-refractivity contribution in [1.82, 2.24) is 15.5 Å². The van der Waals surface area contributed by atoms with E-state index in [1.165, 1.54) is 4.88 Å². The van der Waals surface area contributed by atoms with Gasteiger partial charge in [-0.1, -0.05) is 0 Å². The molecule has 32 heavy (non-hydrogen) atoms. The van der Waals surface area contributed by atoms with Crippen LogP contribution in [0.5, 0.6) is 0 Å². The van der Waals surface area contributed by atoms with E-state index in [4.69, 9.17) is 15.7 Å². The second-order valence-electron chi connectivity index (χ2n) is 7.78. The molecule has 12 heteroatoms. The molecule has 170 valence electrons. The van der Waals surface area contributed by atoms with Crippen molar-refractivity contribution in [3.05, 3.63) is 32.6 Å². The Labute approximate surface area is 195 Å². The van der Waals surface area contributed by atoms with Crippen molar-refractivity contribution >= 4 is 57.9 Å². The average molecular weight is 473 g/mol. The van der Waals surface area contributed by atoms with Crippen molar-refractivity contribution in [2.45, 2.75) is 33.1 Å². The van der Waals surface area contributed by atoms with Crippen molar-refractivity contribution in [3.8, 4) is 0 Å². The van der Waals surface area contributed by atoms with Crippen molar-refractivity contribution in [2.24, 2.45) is 25.7 Å². The Morgan fingerprint density at radius 2 is 1.88 bits per heavy atom. The number of aryl methyl sites for hydroxylation is 2. The molecule has 4 rings (SSSR count). The highest BCUT2D eigenvalue weighted by atomic mass is 32.1. The van der Waals surface area contributed by atoms with Crippen LogP contribution in [-0.2, 0) is 0 Å². The summed E-state index contributed by atoms with van der Waals surface area (Å²) in [7, 11) is 3.90. The molecular formula is C20H28N10S2. The SMILES string of the molecule is Cc1cc(NC2=NC(CN(C3=NC(C)N=C(N)N3)c3cscc3C)N=C(N(C)C)N2)cs1. The van der Waals surface area contributed by atoms with Gasteiger partial charge in [0, 0.05) is 29.7 Å². The van der Waals surface area contributed by atoms with Crippen LogP contribution >= 0.6 is 22.7 Å². The van der Waals surface area contributed by atoms with E-state index in [1.807, 2.05) is 25.9 Å². The molecule has 0 aromatic carbocycles. The zero-order valence-corrected chi connectivity index (χ0v) is 20.4. The van der Waals surface area contributed by atoms with Crippen LogP contribution < -0.4 is 26.6 Å². The summed E-state index contributed by atoms with van der Waals surface area (Å²) in [5.74, 6) is 2.38. The predicted octanol–water partition coefficient (Wildman–Crippen LogP) is 2.17. The van der Waals surface area contributed by atoms with Gasteiger partial charge in [-0.15, -0.1) is 22.7 Å². The maximum atomic E-state index is 6.00. The monoisotopic (exact) mass is 472 g/mol. The first-order valence-corrected chi connectivity index (χ1v) is 12.0. The van der Waals surface area contributed by atoms with Gasteiger partial charge in [-0.3, -0.25) is 10.6 Å². The number of hydrogen-bond donors (Lipinski definition) is 4. The fraction of sp³-hybridized carbons (Fsp3) is 0.400. The van der Waals surface area contributed by atoms with Crippen LogP contribution in [0.15, 0.2) is 42.2 Å². The van der Waals surface area contributed by atoms with Gasteiger partial charge in [0.1, 0.15) is 6.17 Å². The number of hydrogen-bond acceptors (Lipinski definition) is 12. The molecule has 2 unspecified atom stereocenters. The first-order chi connectivity index (χ1) is 15.3. The molecular weight excluding hydrogens is 444 g/mol. The molecule has 0 fully saturated rings. The third kappa shape index (κ3) is 5.02. The minimum absolute atomic E-state index is 0.260. The van der Waals surface area contributed by atoms with Crippen LogP contribution in [0.4, 0.5) is 11.4 Å². The molecule has 2 aromatic heterocycles. The normalized spacial score (nSPS) is 20.3. The molecule has 10 nitrogen and oxygen atoms in total. The molecule has 0 amide bonds. The Hall–Kier alpha value is -3.12. The molecule has 2 aliphatic heterocycles. The minimum Gasteiger partial charge on any atom is -0.370 e. The van der Waals surface area contributed by atoms with Gasteiger partial charge in [-0.2, -0.15) is 0 Å². The summed E-state index contributed by atoms with van der Waals surface area (Å²) in [6, 6.07) is 2.09. The van der Waals surface area contributed by atoms with E-state index < -0.39 is 0 Å². The lowest BCUT2D eigenvalue weighted by molar-refractivity contribution is 0.574. The largest absolute Gasteiger partial charge is 0.370 e. The highest BCUT2D eigenvalue weighted by Gasteiger charge is 2.27. The van der Waals surface area contributed by atoms with Crippen molar-refractivity contribution in [1.29, 1.82) is 0 Å². The van der Waals surface area contributed by atoms with Crippen molar-refractivity contribution < 1.29 is 0 Å². The Morgan fingerprint density at radius 1 is 1.06 bits per heavy atom. The number of rotatable bonds is 4. The first kappa shape index (κ1) is 22.1. The lowest BCUT2D eigenvalue weighted by Gasteiger charge is -2.32. The van der Waals surface area contributed by atoms with Crippen LogP contribution in [-0.4, -0.2) is 61.7 Å². The summed E-state index contributed by atoms with van der Waals surface area (Å²) in [5, 5.41) is 16.0. The predicted molar refractivity (Wildman–Crippen MR) is 136 cm³/mol. The smallest absolute Gasteiger partial charge is 0.207 e. The number of nitrogens with zero attached hydrogens (tertiary/aromatic N) is 6. The number of nitrogens with two attached hydrogens (primary N) is 1. The van der Waals surface area contributed by atoms with Crippen molar-refractivity contribution in [3.63, 3.8) is 0 Å². The molecule has 0 radical (unpaired) electrons. The maximum Gasteiger partial charge on any atom is 0.207 e. The highest BCUT2D eigenvalue weighted by molar-refractivity contribution is 7.10. The molecule has 5 N–H and O–H groups in total. The second kappa shape index (κ2) is 9.17. The minimum atomic E-state index is -0.366. The van der Waals surface area contributed by atoms with Gasteiger partial charge in [-0.25, -0.2) is 20.0 Å². The van der Waals surface area contributed by atoms with E-state index >= 15 is 0 Å². The number of anilines is 2. The Balaban J connectivity index is 1.64. The van der Waals surface area contributed by atoms with E-state index in [-0.39, 0.29) is 12.3 Å². The van der Waals surface area contributed by atoms with Gasteiger partial charge in [-0.05, 0) is 37.8 Å². The van der Waals surface area contributed by atoms with Crippen LogP contribution in [0.3, 0.4) is 0 Å². The van der Waals surface area contributed by atoms with Crippen molar-refractivity contribution in [2.75, 3.05) is 30.9 Å². The van der Waals surface area contributed by atoms with Gasteiger partial charge in [0.05, 0.1) is 17.9 Å². The fourth-order valence-electron chi connectivity index (χ4n) is 3.32. The third-order valence-electron chi connectivity index (χ3n) is 4.79. The quantitative estimate of drug-likeness (QED) is 0.542.